The molecule has 0 aliphatic carbocycles. The largest absolute Gasteiger partial charge is 0.475 e. The van der Waals surface area contributed by atoms with Crippen LogP contribution in [0.4, 0.5) is 0 Å². The quantitative estimate of drug-likeness (QED) is 0.890. The molecule has 8 heteroatoms. The Bertz CT molecular complexity index is 703. The highest BCUT2D eigenvalue weighted by Gasteiger charge is 2.11. The maximum Gasteiger partial charge on any atom is 0.371 e. The Kier molecular flexibility index (Phi) is 3.65. The molecule has 0 amide bonds. The van der Waals surface area contributed by atoms with E-state index in [-0.39, 0.29) is 10.7 Å². The molecule has 6 nitrogen and oxygen atoms in total. The summed E-state index contributed by atoms with van der Waals surface area (Å²) in [6, 6.07) is 8.75. The van der Waals surface area contributed by atoms with Gasteiger partial charge in [0.05, 0.1) is 4.90 Å². The molecule has 0 spiro atoms. The first-order valence-corrected chi connectivity index (χ1v) is 7.36. The van der Waals surface area contributed by atoms with Gasteiger partial charge in [0.2, 0.25) is 15.8 Å². The van der Waals surface area contributed by atoms with Crippen molar-refractivity contribution in [3.8, 4) is 0 Å². The monoisotopic (exact) mass is 299 g/mol. The van der Waals surface area contributed by atoms with Crippen molar-refractivity contribution >= 4 is 27.8 Å². The van der Waals surface area contributed by atoms with Crippen molar-refractivity contribution in [2.24, 2.45) is 5.14 Å². The number of carbonyl (C=O) groups is 1. The fraction of sp³-hybridized carbons (Fsp3) is 0. The van der Waals surface area contributed by atoms with Crippen LogP contribution in [0.3, 0.4) is 0 Å². The number of hydrogen-bond donors (Lipinski definition) is 2. The number of hydrogen-bond acceptors (Lipinski definition) is 5. The van der Waals surface area contributed by atoms with Crippen molar-refractivity contribution in [3.63, 3.8) is 0 Å². The summed E-state index contributed by atoms with van der Waals surface area (Å²) in [6.07, 6.45) is 0. The first kappa shape index (κ1) is 13.7. The normalized spacial score (nSPS) is 11.4. The van der Waals surface area contributed by atoms with Crippen molar-refractivity contribution in [2.75, 3.05) is 0 Å². The van der Waals surface area contributed by atoms with E-state index in [1.165, 1.54) is 36.0 Å². The number of nitrogens with two attached hydrogens (primary N) is 1. The summed E-state index contributed by atoms with van der Waals surface area (Å²) in [7, 11) is -3.71. The van der Waals surface area contributed by atoms with Gasteiger partial charge in [-0.2, -0.15) is 0 Å². The van der Waals surface area contributed by atoms with E-state index in [9.17, 15) is 13.2 Å². The van der Waals surface area contributed by atoms with Crippen LogP contribution >= 0.6 is 11.8 Å². The number of carboxylic acid groups (broad SMARTS) is 1. The number of rotatable bonds is 4. The molecule has 0 bridgehead atoms. The number of sulfonamides is 1. The highest BCUT2D eigenvalue weighted by atomic mass is 32.2. The molecule has 100 valence electrons. The number of aromatic carboxylic acids is 1. The Morgan fingerprint density at radius 3 is 2.26 bits per heavy atom. The number of carboxylic acids is 1. The van der Waals surface area contributed by atoms with Crippen LogP contribution in [0.15, 0.2) is 55.7 Å². The van der Waals surface area contributed by atoms with Crippen LogP contribution < -0.4 is 5.14 Å². The summed E-state index contributed by atoms with van der Waals surface area (Å²) in [6.45, 7) is 0. The zero-order valence-electron chi connectivity index (χ0n) is 9.44. The lowest BCUT2D eigenvalue weighted by Gasteiger charge is -2.00. The molecule has 0 aliphatic heterocycles. The number of primary sulfonamides is 1. The summed E-state index contributed by atoms with van der Waals surface area (Å²) >= 11 is 1.18. The molecule has 19 heavy (non-hydrogen) atoms. The molecule has 0 saturated carbocycles. The standard InChI is InChI=1S/C11H9NO5S2/c12-19(15,16)8-3-1-7(2-4-8)18-10-6-5-9(17-10)11(13)14/h1-6H,(H,13,14)(H2,12,15,16). The van der Waals surface area contributed by atoms with Gasteiger partial charge in [0, 0.05) is 4.90 Å². The van der Waals surface area contributed by atoms with Crippen LogP contribution in [0.5, 0.6) is 0 Å². The minimum atomic E-state index is -3.71. The summed E-state index contributed by atoms with van der Waals surface area (Å²) in [4.78, 5) is 11.4. The Morgan fingerprint density at radius 1 is 1.16 bits per heavy atom. The van der Waals surface area contributed by atoms with E-state index in [0.29, 0.717) is 9.99 Å². The molecule has 2 rings (SSSR count). The van der Waals surface area contributed by atoms with E-state index in [4.69, 9.17) is 14.7 Å². The molecule has 0 unspecified atom stereocenters. The second-order valence-corrected chi connectivity index (χ2v) is 6.18. The maximum absolute atomic E-state index is 11.1. The summed E-state index contributed by atoms with van der Waals surface area (Å²) in [5.41, 5.74) is 0. The average Bonchev–Trinajstić information content (AvgIpc) is 2.77. The lowest BCUT2D eigenvalue weighted by atomic mass is 10.4. The second-order valence-electron chi connectivity index (χ2n) is 3.54. The Balaban J connectivity index is 2.17. The molecule has 0 aliphatic rings. The van der Waals surface area contributed by atoms with Crippen molar-refractivity contribution in [1.82, 2.24) is 0 Å². The molecule has 0 radical (unpaired) electrons. The number of furan rings is 1. The summed E-state index contributed by atoms with van der Waals surface area (Å²) < 4.78 is 27.2. The SMILES string of the molecule is NS(=O)(=O)c1ccc(Sc2ccc(C(=O)O)o2)cc1. The molecule has 3 N–H and O–H groups in total. The maximum atomic E-state index is 11.1. The number of benzene rings is 1. The molecular weight excluding hydrogens is 290 g/mol. The lowest BCUT2D eigenvalue weighted by Crippen LogP contribution is -2.11. The fourth-order valence-electron chi connectivity index (χ4n) is 1.30. The van der Waals surface area contributed by atoms with Crippen molar-refractivity contribution in [1.29, 1.82) is 0 Å². The topological polar surface area (TPSA) is 111 Å². The highest BCUT2D eigenvalue weighted by molar-refractivity contribution is 7.99. The molecule has 2 aromatic rings. The highest BCUT2D eigenvalue weighted by Crippen LogP contribution is 2.29. The van der Waals surface area contributed by atoms with E-state index in [1.807, 2.05) is 0 Å². The van der Waals surface area contributed by atoms with Gasteiger partial charge in [-0.05, 0) is 36.4 Å². The van der Waals surface area contributed by atoms with E-state index >= 15 is 0 Å². The molecular formula is C11H9NO5S2. The van der Waals surface area contributed by atoms with Gasteiger partial charge in [-0.25, -0.2) is 18.4 Å². The average molecular weight is 299 g/mol. The van der Waals surface area contributed by atoms with Gasteiger partial charge in [-0.3, -0.25) is 0 Å². The van der Waals surface area contributed by atoms with Crippen molar-refractivity contribution in [3.05, 3.63) is 42.2 Å². The molecule has 0 atom stereocenters. The molecule has 0 fully saturated rings. The van der Waals surface area contributed by atoms with Gasteiger partial charge < -0.3 is 9.52 Å². The third kappa shape index (κ3) is 3.37. The zero-order valence-corrected chi connectivity index (χ0v) is 11.1. The van der Waals surface area contributed by atoms with Crippen molar-refractivity contribution in [2.45, 2.75) is 14.9 Å². The molecule has 1 aromatic carbocycles. The van der Waals surface area contributed by atoms with E-state index < -0.39 is 16.0 Å². The van der Waals surface area contributed by atoms with Crippen LogP contribution in [0, 0.1) is 0 Å². The van der Waals surface area contributed by atoms with Crippen LogP contribution in [-0.2, 0) is 10.0 Å². The third-order valence-corrected chi connectivity index (χ3v) is 4.02. The third-order valence-electron chi connectivity index (χ3n) is 2.16. The first-order valence-electron chi connectivity index (χ1n) is 5.00. The van der Waals surface area contributed by atoms with Gasteiger partial charge in [0.1, 0.15) is 0 Å². The van der Waals surface area contributed by atoms with Gasteiger partial charge in [-0.15, -0.1) is 0 Å². The van der Waals surface area contributed by atoms with E-state index in [1.54, 1.807) is 12.1 Å². The van der Waals surface area contributed by atoms with Crippen molar-refractivity contribution < 1.29 is 22.7 Å². The van der Waals surface area contributed by atoms with E-state index in [0.717, 1.165) is 0 Å². The molecule has 1 aromatic heterocycles. The Morgan fingerprint density at radius 2 is 1.79 bits per heavy atom. The van der Waals surface area contributed by atoms with Gasteiger partial charge >= 0.3 is 5.97 Å². The van der Waals surface area contributed by atoms with Crippen LogP contribution in [0.2, 0.25) is 0 Å². The predicted molar refractivity (Wildman–Crippen MR) is 67.6 cm³/mol. The smallest absolute Gasteiger partial charge is 0.371 e. The Hall–Kier alpha value is -1.77. The van der Waals surface area contributed by atoms with Gasteiger partial charge in [0.15, 0.2) is 5.09 Å². The second kappa shape index (κ2) is 5.08. The van der Waals surface area contributed by atoms with Crippen LogP contribution in [-0.4, -0.2) is 19.5 Å². The fourth-order valence-corrected chi connectivity index (χ4v) is 2.59. The molecule has 0 saturated heterocycles. The van der Waals surface area contributed by atoms with Crippen LogP contribution in [0.25, 0.3) is 0 Å². The van der Waals surface area contributed by atoms with E-state index in [2.05, 4.69) is 0 Å². The lowest BCUT2D eigenvalue weighted by molar-refractivity contribution is 0.0656. The van der Waals surface area contributed by atoms with Crippen LogP contribution in [0.1, 0.15) is 10.6 Å². The predicted octanol–water partition coefficient (Wildman–Crippen LogP) is 1.78. The minimum absolute atomic E-state index is 0.0162. The zero-order chi connectivity index (χ0) is 14.0. The van der Waals surface area contributed by atoms with Gasteiger partial charge in [0.25, 0.3) is 0 Å². The minimum Gasteiger partial charge on any atom is -0.475 e. The summed E-state index contributed by atoms with van der Waals surface area (Å²) in [5.74, 6) is -1.29. The first-order chi connectivity index (χ1) is 8.86. The molecule has 1 heterocycles. The summed E-state index contributed by atoms with van der Waals surface area (Å²) in [5, 5.41) is 14.1. The van der Waals surface area contributed by atoms with Gasteiger partial charge in [-0.1, -0.05) is 11.8 Å². The Labute approximate surface area is 113 Å².